The highest BCUT2D eigenvalue weighted by Gasteiger charge is 2.17. The SMILES string of the molecule is O=C(CC1COCCN1)Nc1cccc2ncccc12. The molecule has 1 aromatic carbocycles. The third-order valence-corrected chi connectivity index (χ3v) is 3.35. The van der Waals surface area contributed by atoms with Gasteiger partial charge >= 0.3 is 0 Å². The first-order valence-corrected chi connectivity index (χ1v) is 6.77. The van der Waals surface area contributed by atoms with Gasteiger partial charge in [0.2, 0.25) is 5.91 Å². The van der Waals surface area contributed by atoms with E-state index in [2.05, 4.69) is 15.6 Å². The molecule has 1 aliphatic rings. The van der Waals surface area contributed by atoms with Crippen molar-refractivity contribution in [3.05, 3.63) is 36.5 Å². The standard InChI is InChI=1S/C15H17N3O2/c19-15(9-11-10-20-8-7-16-11)18-14-5-1-4-13-12(14)3-2-6-17-13/h1-6,11,16H,7-10H2,(H,18,19). The van der Waals surface area contributed by atoms with Crippen molar-refractivity contribution in [3.8, 4) is 0 Å². The van der Waals surface area contributed by atoms with Crippen LogP contribution < -0.4 is 10.6 Å². The second kappa shape index (κ2) is 5.98. The predicted octanol–water partition coefficient (Wildman–Crippen LogP) is 1.55. The van der Waals surface area contributed by atoms with Gasteiger partial charge in [0.15, 0.2) is 0 Å². The van der Waals surface area contributed by atoms with Gasteiger partial charge in [-0.25, -0.2) is 0 Å². The molecule has 1 atom stereocenters. The Labute approximate surface area is 117 Å². The van der Waals surface area contributed by atoms with Crippen LogP contribution in [0.5, 0.6) is 0 Å². The summed E-state index contributed by atoms with van der Waals surface area (Å²) in [5, 5.41) is 7.19. The van der Waals surface area contributed by atoms with Crippen LogP contribution in [0.1, 0.15) is 6.42 Å². The molecule has 0 aliphatic carbocycles. The van der Waals surface area contributed by atoms with Crippen molar-refractivity contribution >= 4 is 22.5 Å². The van der Waals surface area contributed by atoms with Crippen LogP contribution in [0.3, 0.4) is 0 Å². The van der Waals surface area contributed by atoms with Gasteiger partial charge in [0, 0.05) is 30.6 Å². The lowest BCUT2D eigenvalue weighted by molar-refractivity contribution is -0.117. The molecule has 1 unspecified atom stereocenters. The number of carbonyl (C=O) groups excluding carboxylic acids is 1. The summed E-state index contributed by atoms with van der Waals surface area (Å²) in [7, 11) is 0. The molecule has 5 heteroatoms. The molecule has 1 amide bonds. The second-order valence-corrected chi connectivity index (χ2v) is 4.85. The summed E-state index contributed by atoms with van der Waals surface area (Å²) in [6, 6.07) is 9.65. The number of nitrogens with one attached hydrogen (secondary N) is 2. The van der Waals surface area contributed by atoms with E-state index < -0.39 is 0 Å². The van der Waals surface area contributed by atoms with E-state index in [4.69, 9.17) is 4.74 Å². The highest BCUT2D eigenvalue weighted by atomic mass is 16.5. The van der Waals surface area contributed by atoms with E-state index in [0.717, 1.165) is 23.1 Å². The highest BCUT2D eigenvalue weighted by molar-refractivity contribution is 6.01. The number of carbonyl (C=O) groups is 1. The zero-order chi connectivity index (χ0) is 13.8. The minimum Gasteiger partial charge on any atom is -0.378 e. The van der Waals surface area contributed by atoms with Crippen LogP contribution in [0.25, 0.3) is 10.9 Å². The molecule has 2 aromatic rings. The molecule has 104 valence electrons. The van der Waals surface area contributed by atoms with Gasteiger partial charge in [-0.15, -0.1) is 0 Å². The van der Waals surface area contributed by atoms with E-state index in [1.807, 2.05) is 30.3 Å². The normalized spacial score (nSPS) is 18.9. The minimum absolute atomic E-state index is 0.00986. The van der Waals surface area contributed by atoms with Crippen LogP contribution in [-0.4, -0.2) is 36.7 Å². The average molecular weight is 271 g/mol. The average Bonchev–Trinajstić information content (AvgIpc) is 2.48. The van der Waals surface area contributed by atoms with Crippen LogP contribution in [0.15, 0.2) is 36.5 Å². The predicted molar refractivity (Wildman–Crippen MR) is 77.6 cm³/mol. The quantitative estimate of drug-likeness (QED) is 0.889. The van der Waals surface area contributed by atoms with Gasteiger partial charge in [-0.2, -0.15) is 0 Å². The lowest BCUT2D eigenvalue weighted by atomic mass is 10.1. The number of aromatic nitrogens is 1. The molecule has 1 aromatic heterocycles. The number of rotatable bonds is 3. The Kier molecular flexibility index (Phi) is 3.90. The van der Waals surface area contributed by atoms with E-state index >= 15 is 0 Å². The van der Waals surface area contributed by atoms with Crippen molar-refractivity contribution in [1.29, 1.82) is 0 Å². The van der Waals surface area contributed by atoms with E-state index in [9.17, 15) is 4.79 Å². The first kappa shape index (κ1) is 13.0. The van der Waals surface area contributed by atoms with Crippen molar-refractivity contribution in [3.63, 3.8) is 0 Å². The molecular formula is C15H17N3O2. The maximum absolute atomic E-state index is 12.1. The number of hydrogen-bond acceptors (Lipinski definition) is 4. The van der Waals surface area contributed by atoms with Crippen LogP contribution in [0.2, 0.25) is 0 Å². The van der Waals surface area contributed by atoms with Gasteiger partial charge in [0.25, 0.3) is 0 Å². The monoisotopic (exact) mass is 271 g/mol. The van der Waals surface area contributed by atoms with E-state index in [1.165, 1.54) is 0 Å². The summed E-state index contributed by atoms with van der Waals surface area (Å²) >= 11 is 0. The molecule has 2 N–H and O–H groups in total. The van der Waals surface area contributed by atoms with Gasteiger partial charge in [-0.05, 0) is 24.3 Å². The number of hydrogen-bond donors (Lipinski definition) is 2. The number of anilines is 1. The molecule has 1 saturated heterocycles. The van der Waals surface area contributed by atoms with Crippen molar-refractivity contribution in [1.82, 2.24) is 10.3 Å². The fraction of sp³-hybridized carbons (Fsp3) is 0.333. The molecule has 0 spiro atoms. The van der Waals surface area contributed by atoms with E-state index in [-0.39, 0.29) is 11.9 Å². The molecule has 2 heterocycles. The molecule has 3 rings (SSSR count). The molecule has 0 bridgehead atoms. The zero-order valence-corrected chi connectivity index (χ0v) is 11.1. The van der Waals surface area contributed by atoms with Crippen LogP contribution in [-0.2, 0) is 9.53 Å². The summed E-state index contributed by atoms with van der Waals surface area (Å²) in [6.07, 6.45) is 2.16. The molecular weight excluding hydrogens is 254 g/mol. The number of fused-ring (bicyclic) bond motifs is 1. The van der Waals surface area contributed by atoms with Gasteiger partial charge in [-0.1, -0.05) is 6.07 Å². The molecule has 0 radical (unpaired) electrons. The summed E-state index contributed by atoms with van der Waals surface area (Å²) < 4.78 is 5.35. The lowest BCUT2D eigenvalue weighted by Crippen LogP contribution is -2.43. The van der Waals surface area contributed by atoms with E-state index in [0.29, 0.717) is 19.6 Å². The first-order valence-electron chi connectivity index (χ1n) is 6.77. The second-order valence-electron chi connectivity index (χ2n) is 4.85. The zero-order valence-electron chi connectivity index (χ0n) is 11.1. The fourth-order valence-corrected chi connectivity index (χ4v) is 2.39. The van der Waals surface area contributed by atoms with Gasteiger partial charge in [0.1, 0.15) is 0 Å². The Balaban J connectivity index is 1.71. The van der Waals surface area contributed by atoms with Crippen molar-refractivity contribution in [2.45, 2.75) is 12.5 Å². The van der Waals surface area contributed by atoms with Crippen molar-refractivity contribution in [2.75, 3.05) is 25.1 Å². The smallest absolute Gasteiger partial charge is 0.226 e. The maximum Gasteiger partial charge on any atom is 0.226 e. The summed E-state index contributed by atoms with van der Waals surface area (Å²) in [5.74, 6) is -0.00986. The number of benzene rings is 1. The van der Waals surface area contributed by atoms with Crippen molar-refractivity contribution < 1.29 is 9.53 Å². The summed E-state index contributed by atoms with van der Waals surface area (Å²) in [5.41, 5.74) is 1.68. The number of nitrogens with zero attached hydrogens (tertiary/aromatic N) is 1. The Morgan fingerprint density at radius 1 is 1.40 bits per heavy atom. The molecule has 0 saturated carbocycles. The molecule has 5 nitrogen and oxygen atoms in total. The Hall–Kier alpha value is -1.98. The lowest BCUT2D eigenvalue weighted by Gasteiger charge is -2.23. The largest absolute Gasteiger partial charge is 0.378 e. The molecule has 1 aliphatic heterocycles. The van der Waals surface area contributed by atoms with Crippen LogP contribution in [0.4, 0.5) is 5.69 Å². The number of amides is 1. The van der Waals surface area contributed by atoms with Crippen molar-refractivity contribution in [2.24, 2.45) is 0 Å². The fourth-order valence-electron chi connectivity index (χ4n) is 2.39. The summed E-state index contributed by atoms with van der Waals surface area (Å²) in [6.45, 7) is 2.10. The van der Waals surface area contributed by atoms with Gasteiger partial charge in [-0.3, -0.25) is 9.78 Å². The van der Waals surface area contributed by atoms with Gasteiger partial charge in [0.05, 0.1) is 24.4 Å². The maximum atomic E-state index is 12.1. The number of ether oxygens (including phenoxy) is 1. The Morgan fingerprint density at radius 2 is 2.35 bits per heavy atom. The number of morpholine rings is 1. The topological polar surface area (TPSA) is 63.2 Å². The Morgan fingerprint density at radius 3 is 3.20 bits per heavy atom. The third kappa shape index (κ3) is 2.95. The Bertz CT molecular complexity index is 604. The minimum atomic E-state index is -0.00986. The van der Waals surface area contributed by atoms with Crippen LogP contribution in [0, 0.1) is 0 Å². The van der Waals surface area contributed by atoms with Crippen LogP contribution >= 0.6 is 0 Å². The molecule has 20 heavy (non-hydrogen) atoms. The first-order chi connectivity index (χ1) is 9.83. The number of pyridine rings is 1. The van der Waals surface area contributed by atoms with E-state index in [1.54, 1.807) is 6.20 Å². The highest BCUT2D eigenvalue weighted by Crippen LogP contribution is 2.21. The molecule has 1 fully saturated rings. The summed E-state index contributed by atoms with van der Waals surface area (Å²) in [4.78, 5) is 16.4. The third-order valence-electron chi connectivity index (χ3n) is 3.35. The van der Waals surface area contributed by atoms with Gasteiger partial charge < -0.3 is 15.4 Å².